The number of aliphatic imine (C=N–C) groups is 1. The monoisotopic (exact) mass is 546 g/mol. The molecule has 2 rings (SSSR count). The van der Waals surface area contributed by atoms with Crippen LogP contribution in [0.5, 0.6) is 0 Å². The van der Waals surface area contributed by atoms with Crippen LogP contribution >= 0.6 is 47.1 Å². The SMILES string of the molecule is CCNC(=NCCS(=O)(=O)N1CCSCC1)NC(C)Cc1ccc(C)s1.I. The van der Waals surface area contributed by atoms with E-state index in [4.69, 9.17) is 0 Å². The number of thioether (sulfide) groups is 1. The molecule has 156 valence electrons. The average molecular weight is 547 g/mol. The van der Waals surface area contributed by atoms with E-state index in [1.165, 1.54) is 9.75 Å². The van der Waals surface area contributed by atoms with Crippen LogP contribution in [-0.4, -0.2) is 68.2 Å². The second kappa shape index (κ2) is 12.5. The fourth-order valence-corrected chi connectivity index (χ4v) is 6.20. The Hall–Kier alpha value is -0.0400. The second-order valence-electron chi connectivity index (χ2n) is 6.35. The van der Waals surface area contributed by atoms with Gasteiger partial charge in [0.2, 0.25) is 10.0 Å². The Morgan fingerprint density at radius 3 is 2.63 bits per heavy atom. The average Bonchev–Trinajstić information content (AvgIpc) is 3.00. The van der Waals surface area contributed by atoms with Crippen molar-refractivity contribution < 1.29 is 8.42 Å². The first-order chi connectivity index (χ1) is 12.4. The van der Waals surface area contributed by atoms with Gasteiger partial charge in [-0.2, -0.15) is 11.8 Å². The van der Waals surface area contributed by atoms with Crippen molar-refractivity contribution in [2.24, 2.45) is 4.99 Å². The number of nitrogens with one attached hydrogen (secondary N) is 2. The van der Waals surface area contributed by atoms with Gasteiger partial charge in [0.15, 0.2) is 5.96 Å². The van der Waals surface area contributed by atoms with Crippen molar-refractivity contribution in [1.82, 2.24) is 14.9 Å². The summed E-state index contributed by atoms with van der Waals surface area (Å²) in [6.07, 6.45) is 0.923. The Bertz CT molecular complexity index is 688. The minimum atomic E-state index is -3.21. The van der Waals surface area contributed by atoms with Gasteiger partial charge in [-0.25, -0.2) is 12.7 Å². The van der Waals surface area contributed by atoms with Crippen LogP contribution in [0.3, 0.4) is 0 Å². The molecule has 1 unspecified atom stereocenters. The number of nitrogens with zero attached hydrogens (tertiary/aromatic N) is 2. The zero-order valence-electron chi connectivity index (χ0n) is 16.2. The van der Waals surface area contributed by atoms with Crippen molar-refractivity contribution >= 4 is 63.1 Å². The second-order valence-corrected chi connectivity index (χ2v) is 11.0. The van der Waals surface area contributed by atoms with E-state index < -0.39 is 10.0 Å². The molecule has 2 N–H and O–H groups in total. The maximum atomic E-state index is 12.4. The number of hydrogen-bond acceptors (Lipinski definition) is 5. The van der Waals surface area contributed by atoms with Gasteiger partial charge in [-0.3, -0.25) is 4.99 Å². The number of aryl methyl sites for hydroxylation is 1. The van der Waals surface area contributed by atoms with Gasteiger partial charge in [-0.05, 0) is 32.9 Å². The summed E-state index contributed by atoms with van der Waals surface area (Å²) in [6.45, 7) is 8.48. The Morgan fingerprint density at radius 2 is 2.04 bits per heavy atom. The Kier molecular flexibility index (Phi) is 11.6. The van der Waals surface area contributed by atoms with E-state index in [2.05, 4.69) is 41.6 Å². The van der Waals surface area contributed by atoms with E-state index in [1.54, 1.807) is 27.4 Å². The quantitative estimate of drug-likeness (QED) is 0.298. The van der Waals surface area contributed by atoms with Gasteiger partial charge in [0.05, 0.1) is 12.3 Å². The van der Waals surface area contributed by atoms with Gasteiger partial charge in [-0.15, -0.1) is 35.3 Å². The summed E-state index contributed by atoms with van der Waals surface area (Å²) in [5, 5.41) is 6.58. The lowest BCUT2D eigenvalue weighted by Crippen LogP contribution is -2.43. The molecular weight excluding hydrogens is 515 g/mol. The minimum absolute atomic E-state index is 0. The van der Waals surface area contributed by atoms with E-state index in [1.807, 2.05) is 6.92 Å². The summed E-state index contributed by atoms with van der Waals surface area (Å²) in [7, 11) is -3.21. The number of hydrogen-bond donors (Lipinski definition) is 2. The maximum absolute atomic E-state index is 12.4. The number of halogens is 1. The molecule has 0 amide bonds. The molecule has 0 radical (unpaired) electrons. The van der Waals surface area contributed by atoms with Crippen LogP contribution in [0.2, 0.25) is 0 Å². The third-order valence-electron chi connectivity index (χ3n) is 4.01. The molecule has 0 spiro atoms. The topological polar surface area (TPSA) is 73.8 Å². The maximum Gasteiger partial charge on any atom is 0.215 e. The van der Waals surface area contributed by atoms with Crippen molar-refractivity contribution in [3.05, 3.63) is 21.9 Å². The first-order valence-electron chi connectivity index (χ1n) is 9.06. The molecule has 1 aromatic heterocycles. The first-order valence-corrected chi connectivity index (χ1v) is 12.6. The molecule has 1 fully saturated rings. The van der Waals surface area contributed by atoms with E-state index >= 15 is 0 Å². The van der Waals surface area contributed by atoms with Crippen LogP contribution in [0.25, 0.3) is 0 Å². The zero-order chi connectivity index (χ0) is 19.0. The normalized spacial score (nSPS) is 17.2. The Balaban J connectivity index is 0.00000364. The van der Waals surface area contributed by atoms with Crippen LogP contribution in [-0.2, 0) is 16.4 Å². The van der Waals surface area contributed by atoms with E-state index in [0.29, 0.717) is 19.0 Å². The molecule has 1 saturated heterocycles. The summed E-state index contributed by atoms with van der Waals surface area (Å²) in [4.78, 5) is 7.12. The third-order valence-corrected chi connectivity index (χ3v) is 7.83. The third kappa shape index (κ3) is 8.88. The van der Waals surface area contributed by atoms with Gasteiger partial charge in [0.1, 0.15) is 0 Å². The number of thiophene rings is 1. The molecule has 1 atom stereocenters. The summed E-state index contributed by atoms with van der Waals surface area (Å²) in [6, 6.07) is 4.52. The van der Waals surface area contributed by atoms with E-state index in [0.717, 1.165) is 24.5 Å². The van der Waals surface area contributed by atoms with Gasteiger partial charge in [0.25, 0.3) is 0 Å². The Morgan fingerprint density at radius 1 is 1.33 bits per heavy atom. The molecule has 1 aliphatic heterocycles. The van der Waals surface area contributed by atoms with Crippen LogP contribution in [0.15, 0.2) is 17.1 Å². The van der Waals surface area contributed by atoms with Gasteiger partial charge >= 0.3 is 0 Å². The van der Waals surface area contributed by atoms with Crippen molar-refractivity contribution in [1.29, 1.82) is 0 Å². The molecule has 1 aromatic rings. The molecule has 2 heterocycles. The highest BCUT2D eigenvalue weighted by Crippen LogP contribution is 2.16. The van der Waals surface area contributed by atoms with E-state index in [9.17, 15) is 8.42 Å². The molecule has 1 aliphatic rings. The molecule has 6 nitrogen and oxygen atoms in total. The summed E-state index contributed by atoms with van der Waals surface area (Å²) in [5.74, 6) is 2.50. The minimum Gasteiger partial charge on any atom is -0.357 e. The highest BCUT2D eigenvalue weighted by Gasteiger charge is 2.23. The fourth-order valence-electron chi connectivity index (χ4n) is 2.73. The van der Waals surface area contributed by atoms with Crippen molar-refractivity contribution in [3.8, 4) is 0 Å². The number of rotatable bonds is 8. The molecule has 0 bridgehead atoms. The van der Waals surface area contributed by atoms with Gasteiger partial charge in [-0.1, -0.05) is 0 Å². The first kappa shape index (κ1) is 25.0. The fraction of sp³-hybridized carbons (Fsp3) is 0.706. The lowest BCUT2D eigenvalue weighted by atomic mass is 10.2. The summed E-state index contributed by atoms with van der Waals surface area (Å²) in [5.41, 5.74) is 0. The van der Waals surface area contributed by atoms with Crippen molar-refractivity contribution in [2.75, 3.05) is 43.4 Å². The predicted octanol–water partition coefficient (Wildman–Crippen LogP) is 2.54. The molecule has 0 aromatic carbocycles. The standard InChI is InChI=1S/C17H30N4O2S3.HI/c1-4-18-17(20-14(2)13-16-6-5-15(3)25-16)19-7-12-26(22,23)21-8-10-24-11-9-21;/h5-6,14H,4,7-13H2,1-3H3,(H2,18,19,20);1H. The van der Waals surface area contributed by atoms with Crippen LogP contribution in [0, 0.1) is 6.92 Å². The number of guanidine groups is 1. The molecule has 0 aliphatic carbocycles. The van der Waals surface area contributed by atoms with Crippen LogP contribution < -0.4 is 10.6 Å². The summed E-state index contributed by atoms with van der Waals surface area (Å²) >= 11 is 3.61. The summed E-state index contributed by atoms with van der Waals surface area (Å²) < 4.78 is 26.4. The highest BCUT2D eigenvalue weighted by molar-refractivity contribution is 14.0. The van der Waals surface area contributed by atoms with E-state index in [-0.39, 0.29) is 42.3 Å². The molecule has 0 saturated carbocycles. The largest absolute Gasteiger partial charge is 0.357 e. The predicted molar refractivity (Wildman–Crippen MR) is 129 cm³/mol. The van der Waals surface area contributed by atoms with Crippen LogP contribution in [0.4, 0.5) is 0 Å². The number of sulfonamides is 1. The lowest BCUT2D eigenvalue weighted by molar-refractivity contribution is 0.444. The molecule has 27 heavy (non-hydrogen) atoms. The van der Waals surface area contributed by atoms with Gasteiger partial charge < -0.3 is 10.6 Å². The van der Waals surface area contributed by atoms with Gasteiger partial charge in [0, 0.05) is 53.4 Å². The zero-order valence-corrected chi connectivity index (χ0v) is 21.0. The highest BCUT2D eigenvalue weighted by atomic mass is 127. The molecular formula is C17H31IN4O2S3. The smallest absolute Gasteiger partial charge is 0.215 e. The molecule has 10 heteroatoms. The lowest BCUT2D eigenvalue weighted by Gasteiger charge is -2.25. The van der Waals surface area contributed by atoms with Crippen molar-refractivity contribution in [3.63, 3.8) is 0 Å². The Labute approximate surface area is 189 Å². The van der Waals surface area contributed by atoms with Crippen LogP contribution in [0.1, 0.15) is 23.6 Å². The van der Waals surface area contributed by atoms with Crippen molar-refractivity contribution in [2.45, 2.75) is 33.2 Å².